The van der Waals surface area contributed by atoms with Gasteiger partial charge in [0, 0.05) is 29.7 Å². The van der Waals surface area contributed by atoms with E-state index in [0.717, 1.165) is 10.9 Å². The van der Waals surface area contributed by atoms with Gasteiger partial charge in [0.1, 0.15) is 5.56 Å². The molecule has 0 atom stereocenters. The molecule has 100 valence electrons. The number of hydrogen-bond donors (Lipinski definition) is 1. The predicted molar refractivity (Wildman–Crippen MR) is 78.6 cm³/mol. The molecule has 0 aliphatic heterocycles. The molecule has 0 amide bonds. The summed E-state index contributed by atoms with van der Waals surface area (Å²) in [7, 11) is 0. The summed E-state index contributed by atoms with van der Waals surface area (Å²) in [5.74, 6) is -1.19. The maximum Gasteiger partial charge on any atom is 0.341 e. The van der Waals surface area contributed by atoms with E-state index in [2.05, 4.69) is 11.4 Å². The van der Waals surface area contributed by atoms with Gasteiger partial charge in [0.05, 0.1) is 0 Å². The zero-order valence-corrected chi connectivity index (χ0v) is 11.3. The Morgan fingerprint density at radius 3 is 2.85 bits per heavy atom. The topological polar surface area (TPSA) is 59.3 Å². The largest absolute Gasteiger partial charge is 0.477 e. The molecular weight excluding hydrogens is 274 g/mol. The van der Waals surface area contributed by atoms with E-state index in [4.69, 9.17) is 5.11 Å². The molecule has 0 saturated heterocycles. The molecule has 0 spiro atoms. The maximum absolute atomic E-state index is 11.4. The van der Waals surface area contributed by atoms with Crippen LogP contribution in [0.5, 0.6) is 0 Å². The summed E-state index contributed by atoms with van der Waals surface area (Å²) < 4.78 is 2.92. The van der Waals surface area contributed by atoms with Crippen LogP contribution in [0.1, 0.15) is 15.9 Å². The quantitative estimate of drug-likeness (QED) is 0.805. The van der Waals surface area contributed by atoms with Gasteiger partial charge in [-0.2, -0.15) is 0 Å². The standard InChI is InChI=1S/C15H11NO3S/c17-13-5-6-16(8-12(13)15(18)19)7-10-9-20-14-4-2-1-3-11(10)14/h1-6,8-9H,7H2,(H,18,19). The average Bonchev–Trinajstić information content (AvgIpc) is 2.84. The third kappa shape index (κ3) is 2.23. The molecular formula is C15H11NO3S. The molecule has 0 bridgehead atoms. The van der Waals surface area contributed by atoms with Gasteiger partial charge < -0.3 is 9.67 Å². The molecule has 0 aliphatic rings. The fourth-order valence-corrected chi connectivity index (χ4v) is 3.09. The Labute approximate surface area is 118 Å². The molecule has 0 unspecified atom stereocenters. The van der Waals surface area contributed by atoms with Crippen molar-refractivity contribution in [2.75, 3.05) is 0 Å². The van der Waals surface area contributed by atoms with Gasteiger partial charge in [0.15, 0.2) is 5.43 Å². The van der Waals surface area contributed by atoms with Crippen molar-refractivity contribution >= 4 is 27.4 Å². The lowest BCUT2D eigenvalue weighted by Crippen LogP contribution is -2.16. The molecule has 20 heavy (non-hydrogen) atoms. The third-order valence-corrected chi connectivity index (χ3v) is 4.13. The Hall–Kier alpha value is -2.40. The first-order valence-corrected chi connectivity index (χ1v) is 6.91. The van der Waals surface area contributed by atoms with Crippen LogP contribution in [0.4, 0.5) is 0 Å². The second-order valence-electron chi connectivity index (χ2n) is 4.46. The van der Waals surface area contributed by atoms with E-state index in [1.807, 2.05) is 18.2 Å². The van der Waals surface area contributed by atoms with Crippen molar-refractivity contribution in [2.45, 2.75) is 6.54 Å². The minimum absolute atomic E-state index is 0.202. The molecule has 0 saturated carbocycles. The molecule has 2 aromatic heterocycles. The molecule has 4 nitrogen and oxygen atoms in total. The van der Waals surface area contributed by atoms with E-state index >= 15 is 0 Å². The lowest BCUT2D eigenvalue weighted by atomic mass is 10.2. The second kappa shape index (κ2) is 4.94. The summed E-state index contributed by atoms with van der Waals surface area (Å²) in [6.07, 6.45) is 3.00. The van der Waals surface area contributed by atoms with Crippen LogP contribution < -0.4 is 5.43 Å². The van der Waals surface area contributed by atoms with Crippen molar-refractivity contribution in [1.29, 1.82) is 0 Å². The van der Waals surface area contributed by atoms with Crippen molar-refractivity contribution in [3.05, 3.63) is 69.5 Å². The highest BCUT2D eigenvalue weighted by molar-refractivity contribution is 7.17. The molecule has 5 heteroatoms. The minimum Gasteiger partial charge on any atom is -0.477 e. The molecule has 1 aromatic carbocycles. The number of carboxylic acid groups (broad SMARTS) is 1. The van der Waals surface area contributed by atoms with Crippen LogP contribution in [0.2, 0.25) is 0 Å². The summed E-state index contributed by atoms with van der Waals surface area (Å²) in [6.45, 7) is 0.546. The number of pyridine rings is 1. The van der Waals surface area contributed by atoms with Crippen LogP contribution >= 0.6 is 11.3 Å². The van der Waals surface area contributed by atoms with E-state index in [0.29, 0.717) is 6.54 Å². The number of nitrogens with zero attached hydrogens (tertiary/aromatic N) is 1. The fourth-order valence-electron chi connectivity index (χ4n) is 2.14. The summed E-state index contributed by atoms with van der Waals surface area (Å²) in [4.78, 5) is 22.4. The van der Waals surface area contributed by atoms with Crippen molar-refractivity contribution < 1.29 is 9.90 Å². The van der Waals surface area contributed by atoms with E-state index in [-0.39, 0.29) is 5.56 Å². The summed E-state index contributed by atoms with van der Waals surface area (Å²) in [6, 6.07) is 9.36. The van der Waals surface area contributed by atoms with Crippen LogP contribution in [-0.4, -0.2) is 15.6 Å². The van der Waals surface area contributed by atoms with Gasteiger partial charge in [-0.05, 0) is 22.4 Å². The lowest BCUT2D eigenvalue weighted by Gasteiger charge is -2.06. The molecule has 1 N–H and O–H groups in total. The average molecular weight is 285 g/mol. The summed E-state index contributed by atoms with van der Waals surface area (Å²) in [5.41, 5.74) is 0.446. The maximum atomic E-state index is 11.4. The number of aromatic carboxylic acids is 1. The molecule has 3 rings (SSSR count). The van der Waals surface area contributed by atoms with Crippen molar-refractivity contribution in [3.63, 3.8) is 0 Å². The monoisotopic (exact) mass is 285 g/mol. The zero-order valence-electron chi connectivity index (χ0n) is 10.4. The highest BCUT2D eigenvalue weighted by Crippen LogP contribution is 2.26. The van der Waals surface area contributed by atoms with Crippen LogP contribution in [0.15, 0.2) is 52.9 Å². The van der Waals surface area contributed by atoms with E-state index in [1.54, 1.807) is 22.1 Å². The van der Waals surface area contributed by atoms with Gasteiger partial charge >= 0.3 is 5.97 Å². The van der Waals surface area contributed by atoms with Gasteiger partial charge in [-0.15, -0.1) is 11.3 Å². The molecule has 3 aromatic rings. The predicted octanol–water partition coefficient (Wildman–Crippen LogP) is 2.81. The highest BCUT2D eigenvalue weighted by Gasteiger charge is 2.09. The van der Waals surface area contributed by atoms with E-state index < -0.39 is 11.4 Å². The zero-order chi connectivity index (χ0) is 14.1. The first kappa shape index (κ1) is 12.6. The van der Waals surface area contributed by atoms with Gasteiger partial charge in [0.25, 0.3) is 0 Å². The van der Waals surface area contributed by atoms with Gasteiger partial charge in [-0.25, -0.2) is 4.79 Å². The Morgan fingerprint density at radius 2 is 2.05 bits per heavy atom. The number of thiophene rings is 1. The fraction of sp³-hybridized carbons (Fsp3) is 0.0667. The van der Waals surface area contributed by atoms with Crippen LogP contribution in [-0.2, 0) is 6.54 Å². The molecule has 0 radical (unpaired) electrons. The summed E-state index contributed by atoms with van der Waals surface area (Å²) in [5, 5.41) is 12.2. The number of fused-ring (bicyclic) bond motifs is 1. The highest BCUT2D eigenvalue weighted by atomic mass is 32.1. The van der Waals surface area contributed by atoms with Crippen LogP contribution in [0, 0.1) is 0 Å². The van der Waals surface area contributed by atoms with Crippen LogP contribution in [0.25, 0.3) is 10.1 Å². The smallest absolute Gasteiger partial charge is 0.341 e. The number of aromatic nitrogens is 1. The van der Waals surface area contributed by atoms with Crippen molar-refractivity contribution in [3.8, 4) is 0 Å². The Balaban J connectivity index is 2.01. The Bertz CT molecular complexity index is 847. The van der Waals surface area contributed by atoms with Gasteiger partial charge in [-0.1, -0.05) is 18.2 Å². The first-order valence-electron chi connectivity index (χ1n) is 6.03. The van der Waals surface area contributed by atoms with Gasteiger partial charge in [-0.3, -0.25) is 4.79 Å². The molecule has 2 heterocycles. The number of rotatable bonds is 3. The normalized spacial score (nSPS) is 10.8. The van der Waals surface area contributed by atoms with Crippen molar-refractivity contribution in [2.24, 2.45) is 0 Å². The number of benzene rings is 1. The molecule has 0 fully saturated rings. The Kier molecular flexibility index (Phi) is 3.12. The molecule has 0 aliphatic carbocycles. The lowest BCUT2D eigenvalue weighted by molar-refractivity contribution is 0.0694. The number of carbonyl (C=O) groups is 1. The van der Waals surface area contributed by atoms with Gasteiger partial charge in [0.2, 0.25) is 0 Å². The van der Waals surface area contributed by atoms with E-state index in [9.17, 15) is 9.59 Å². The summed E-state index contributed by atoms with van der Waals surface area (Å²) >= 11 is 1.66. The van der Waals surface area contributed by atoms with Crippen molar-refractivity contribution in [1.82, 2.24) is 4.57 Å². The minimum atomic E-state index is -1.19. The Morgan fingerprint density at radius 1 is 1.25 bits per heavy atom. The van der Waals surface area contributed by atoms with E-state index in [1.165, 1.54) is 17.0 Å². The first-order chi connectivity index (χ1) is 9.65. The number of carboxylic acids is 1. The number of hydrogen-bond acceptors (Lipinski definition) is 3. The van der Waals surface area contributed by atoms with Crippen LogP contribution in [0.3, 0.4) is 0 Å². The third-order valence-electron chi connectivity index (χ3n) is 3.12. The SMILES string of the molecule is O=C(O)c1cn(Cc2csc3ccccc23)ccc1=O. The second-order valence-corrected chi connectivity index (χ2v) is 5.37.